The van der Waals surface area contributed by atoms with E-state index in [1.807, 2.05) is 0 Å². The van der Waals surface area contributed by atoms with Crippen LogP contribution in [0.25, 0.3) is 0 Å². The van der Waals surface area contributed by atoms with Crippen LogP contribution in [0.15, 0.2) is 12.2 Å². The van der Waals surface area contributed by atoms with Gasteiger partial charge in [-0.05, 0) is 44.9 Å². The molecule has 6 nitrogen and oxygen atoms in total. The molecule has 0 aliphatic rings. The molecular weight excluding hydrogens is 997 g/mol. The van der Waals surface area contributed by atoms with Crippen molar-refractivity contribution in [2.24, 2.45) is 0 Å². The molecule has 6 heteroatoms. The zero-order chi connectivity index (χ0) is 58.5. The van der Waals surface area contributed by atoms with Crippen LogP contribution in [-0.2, 0) is 28.6 Å². The lowest BCUT2D eigenvalue weighted by Crippen LogP contribution is -2.30. The average Bonchev–Trinajstić information content (AvgIpc) is 3.46. The summed E-state index contributed by atoms with van der Waals surface area (Å²) in [5.41, 5.74) is 0. The zero-order valence-corrected chi connectivity index (χ0v) is 55.4. The Bertz CT molecular complexity index is 1260. The fourth-order valence-electron chi connectivity index (χ4n) is 11.7. The molecule has 480 valence electrons. The molecule has 0 aromatic rings. The van der Waals surface area contributed by atoms with Crippen molar-refractivity contribution >= 4 is 17.9 Å². The Labute approximate surface area is 507 Å². The molecule has 81 heavy (non-hydrogen) atoms. The van der Waals surface area contributed by atoms with Crippen LogP contribution in [0.1, 0.15) is 432 Å². The lowest BCUT2D eigenvalue weighted by molar-refractivity contribution is -0.167. The second-order valence-electron chi connectivity index (χ2n) is 25.6. The van der Waals surface area contributed by atoms with Crippen LogP contribution in [0.2, 0.25) is 0 Å². The predicted molar refractivity (Wildman–Crippen MR) is 353 cm³/mol. The van der Waals surface area contributed by atoms with Gasteiger partial charge in [0.15, 0.2) is 6.10 Å². The van der Waals surface area contributed by atoms with E-state index >= 15 is 0 Å². The molecular formula is C75H144O6. The van der Waals surface area contributed by atoms with Crippen molar-refractivity contribution in [3.05, 3.63) is 12.2 Å². The predicted octanol–water partition coefficient (Wildman–Crippen LogP) is 25.6. The molecule has 0 radical (unpaired) electrons. The molecule has 0 heterocycles. The van der Waals surface area contributed by atoms with Gasteiger partial charge in [-0.25, -0.2) is 0 Å². The lowest BCUT2D eigenvalue weighted by atomic mass is 10.0. The molecule has 0 aliphatic carbocycles. The molecule has 0 rings (SSSR count). The molecule has 0 aromatic heterocycles. The van der Waals surface area contributed by atoms with Crippen molar-refractivity contribution in [3.8, 4) is 0 Å². The second kappa shape index (κ2) is 70.6. The van der Waals surface area contributed by atoms with Crippen molar-refractivity contribution in [2.75, 3.05) is 13.2 Å². The fourth-order valence-corrected chi connectivity index (χ4v) is 11.7. The van der Waals surface area contributed by atoms with Gasteiger partial charge in [0.1, 0.15) is 13.2 Å². The molecule has 0 amide bonds. The number of ether oxygens (including phenoxy) is 3. The summed E-state index contributed by atoms with van der Waals surface area (Å²) in [4.78, 5) is 38.4. The molecule has 0 spiro atoms. The Morgan fingerprint density at radius 3 is 0.630 bits per heavy atom. The normalized spacial score (nSPS) is 12.0. The number of esters is 3. The maximum atomic E-state index is 13.0. The van der Waals surface area contributed by atoms with E-state index in [0.29, 0.717) is 19.3 Å². The molecule has 0 saturated carbocycles. The van der Waals surface area contributed by atoms with Gasteiger partial charge in [-0.3, -0.25) is 14.4 Å². The Morgan fingerprint density at radius 1 is 0.235 bits per heavy atom. The number of hydrogen-bond acceptors (Lipinski definition) is 6. The Kier molecular flexibility index (Phi) is 69.0. The van der Waals surface area contributed by atoms with Gasteiger partial charge in [-0.1, -0.05) is 380 Å². The van der Waals surface area contributed by atoms with Crippen LogP contribution in [0, 0.1) is 0 Å². The van der Waals surface area contributed by atoms with E-state index in [4.69, 9.17) is 14.2 Å². The minimum atomic E-state index is -0.770. The second-order valence-corrected chi connectivity index (χ2v) is 25.6. The van der Waals surface area contributed by atoms with Crippen molar-refractivity contribution in [3.63, 3.8) is 0 Å². The lowest BCUT2D eigenvalue weighted by Gasteiger charge is -2.18. The quantitative estimate of drug-likeness (QED) is 0.0261. The Morgan fingerprint density at radius 2 is 0.407 bits per heavy atom. The minimum absolute atomic E-state index is 0.0655. The van der Waals surface area contributed by atoms with E-state index < -0.39 is 6.10 Å². The molecule has 0 bridgehead atoms. The number of hydrogen-bond donors (Lipinski definition) is 0. The highest BCUT2D eigenvalue weighted by molar-refractivity contribution is 5.71. The summed E-state index contributed by atoms with van der Waals surface area (Å²) < 4.78 is 17.0. The van der Waals surface area contributed by atoms with Crippen molar-refractivity contribution < 1.29 is 28.6 Å². The highest BCUT2D eigenvalue weighted by Gasteiger charge is 2.20. The van der Waals surface area contributed by atoms with Crippen LogP contribution >= 0.6 is 0 Å². The van der Waals surface area contributed by atoms with Gasteiger partial charge in [0.2, 0.25) is 0 Å². The number of rotatable bonds is 70. The largest absolute Gasteiger partial charge is 0.462 e. The minimum Gasteiger partial charge on any atom is -0.462 e. The first-order valence-electron chi connectivity index (χ1n) is 37.2. The first kappa shape index (κ1) is 79.2. The van der Waals surface area contributed by atoms with E-state index in [0.717, 1.165) is 64.2 Å². The number of unbranched alkanes of at least 4 members (excludes halogenated alkanes) is 57. The standard InChI is InChI=1S/C75H144O6/c1-4-7-10-13-16-19-22-25-27-29-31-33-35-36-37-38-39-40-42-43-45-47-50-53-56-59-62-65-68-74(77)80-71-72(70-79-73(76)67-64-61-58-55-52-49-24-21-18-15-12-9-6-3)81-75(78)69-66-63-60-57-54-51-48-46-44-41-34-32-30-28-26-23-20-17-14-11-8-5-2/h21,24,72H,4-20,22-23,25-71H2,1-3H3/b24-21-. The SMILES string of the molecule is CCCCCC/C=C\CCCCCCCC(=O)OCC(COC(=O)CCCCCCCCCCCCCCCCCCCCCCCCCCCCCC)OC(=O)CCCCCCCCCCCCCCCCCCCCCCCC. The van der Waals surface area contributed by atoms with Crippen molar-refractivity contribution in [2.45, 2.75) is 438 Å². The average molecular weight is 1140 g/mol. The van der Waals surface area contributed by atoms with Crippen LogP contribution in [0.4, 0.5) is 0 Å². The first-order chi connectivity index (χ1) is 40.0. The summed E-state index contributed by atoms with van der Waals surface area (Å²) in [7, 11) is 0. The maximum absolute atomic E-state index is 13.0. The summed E-state index contributed by atoms with van der Waals surface area (Å²) in [6.45, 7) is 6.72. The van der Waals surface area contributed by atoms with E-state index in [9.17, 15) is 14.4 Å². The third kappa shape index (κ3) is 68.8. The summed E-state index contributed by atoms with van der Waals surface area (Å²) in [5.74, 6) is -0.838. The zero-order valence-electron chi connectivity index (χ0n) is 55.4. The van der Waals surface area contributed by atoms with Crippen LogP contribution < -0.4 is 0 Å². The number of allylic oxidation sites excluding steroid dienone is 2. The van der Waals surface area contributed by atoms with Crippen LogP contribution in [0.5, 0.6) is 0 Å². The summed E-state index contributed by atoms with van der Waals surface area (Å²) >= 11 is 0. The van der Waals surface area contributed by atoms with Gasteiger partial charge in [0, 0.05) is 19.3 Å². The van der Waals surface area contributed by atoms with E-state index in [1.54, 1.807) is 0 Å². The van der Waals surface area contributed by atoms with Gasteiger partial charge in [-0.2, -0.15) is 0 Å². The molecule has 0 aromatic carbocycles. The molecule has 0 N–H and O–H groups in total. The van der Waals surface area contributed by atoms with Gasteiger partial charge in [0.05, 0.1) is 0 Å². The van der Waals surface area contributed by atoms with Crippen LogP contribution in [-0.4, -0.2) is 37.2 Å². The van der Waals surface area contributed by atoms with E-state index in [2.05, 4.69) is 32.9 Å². The topological polar surface area (TPSA) is 78.9 Å². The molecule has 1 unspecified atom stereocenters. The van der Waals surface area contributed by atoms with E-state index in [-0.39, 0.29) is 31.1 Å². The van der Waals surface area contributed by atoms with E-state index in [1.165, 1.54) is 327 Å². The summed E-state index contributed by atoms with van der Waals surface area (Å²) in [5, 5.41) is 0. The molecule has 0 aliphatic heterocycles. The van der Waals surface area contributed by atoms with Gasteiger partial charge in [0.25, 0.3) is 0 Å². The third-order valence-corrected chi connectivity index (χ3v) is 17.3. The number of carbonyl (C=O) groups excluding carboxylic acids is 3. The Hall–Kier alpha value is -1.85. The van der Waals surface area contributed by atoms with Crippen LogP contribution in [0.3, 0.4) is 0 Å². The molecule has 0 saturated heterocycles. The highest BCUT2D eigenvalue weighted by atomic mass is 16.6. The van der Waals surface area contributed by atoms with Crippen molar-refractivity contribution in [1.82, 2.24) is 0 Å². The third-order valence-electron chi connectivity index (χ3n) is 17.3. The van der Waals surface area contributed by atoms with Gasteiger partial charge in [-0.15, -0.1) is 0 Å². The monoisotopic (exact) mass is 1140 g/mol. The first-order valence-corrected chi connectivity index (χ1v) is 37.2. The highest BCUT2D eigenvalue weighted by Crippen LogP contribution is 2.20. The fraction of sp³-hybridized carbons (Fsp3) is 0.933. The van der Waals surface area contributed by atoms with Gasteiger partial charge >= 0.3 is 17.9 Å². The molecule has 1 atom stereocenters. The smallest absolute Gasteiger partial charge is 0.306 e. The number of carbonyl (C=O) groups is 3. The summed E-state index contributed by atoms with van der Waals surface area (Å²) in [6, 6.07) is 0. The molecule has 0 fully saturated rings. The van der Waals surface area contributed by atoms with Gasteiger partial charge < -0.3 is 14.2 Å². The summed E-state index contributed by atoms with van der Waals surface area (Å²) in [6.07, 6.45) is 85.5. The van der Waals surface area contributed by atoms with Crippen molar-refractivity contribution in [1.29, 1.82) is 0 Å². The maximum Gasteiger partial charge on any atom is 0.306 e. The Balaban J connectivity index is 4.16.